The zero-order valence-corrected chi connectivity index (χ0v) is 9.13. The molecule has 6 heteroatoms. The van der Waals surface area contributed by atoms with Crippen molar-refractivity contribution in [2.24, 2.45) is 0 Å². The van der Waals surface area contributed by atoms with Crippen LogP contribution in [0, 0.1) is 0 Å². The molecule has 0 radical (unpaired) electrons. The quantitative estimate of drug-likeness (QED) is 0.764. The summed E-state index contributed by atoms with van der Waals surface area (Å²) in [6.45, 7) is 1.35. The van der Waals surface area contributed by atoms with Crippen molar-refractivity contribution in [2.75, 3.05) is 12.4 Å². The molecule has 0 aliphatic heterocycles. The van der Waals surface area contributed by atoms with E-state index in [1.165, 1.54) is 20.1 Å². The van der Waals surface area contributed by atoms with Crippen molar-refractivity contribution < 1.29 is 18.3 Å². The van der Waals surface area contributed by atoms with Crippen molar-refractivity contribution in [1.29, 1.82) is 0 Å². The molecule has 0 bridgehead atoms. The van der Waals surface area contributed by atoms with Gasteiger partial charge in [0.2, 0.25) is 5.91 Å². The van der Waals surface area contributed by atoms with Crippen molar-refractivity contribution in [3.05, 3.63) is 18.2 Å². The van der Waals surface area contributed by atoms with E-state index in [9.17, 15) is 9.00 Å². The van der Waals surface area contributed by atoms with Crippen LogP contribution in [0.25, 0.3) is 0 Å². The summed E-state index contributed by atoms with van der Waals surface area (Å²) in [5.41, 5.74) is 0.380. The number of ether oxygens (including phenoxy) is 1. The highest BCUT2D eigenvalue weighted by Gasteiger charge is 2.13. The highest BCUT2D eigenvalue weighted by molar-refractivity contribution is 7.79. The second-order valence-corrected chi connectivity index (χ2v) is 3.71. The highest BCUT2D eigenvalue weighted by atomic mass is 32.2. The lowest BCUT2D eigenvalue weighted by atomic mass is 10.3. The van der Waals surface area contributed by atoms with Gasteiger partial charge >= 0.3 is 0 Å². The maximum absolute atomic E-state index is 10.9. The predicted octanol–water partition coefficient (Wildman–Crippen LogP) is 1.23. The van der Waals surface area contributed by atoms with Crippen molar-refractivity contribution in [1.82, 2.24) is 0 Å². The Kier molecular flexibility index (Phi) is 3.81. The number of anilines is 1. The molecule has 1 amide bonds. The van der Waals surface area contributed by atoms with E-state index >= 15 is 0 Å². The normalized spacial score (nSPS) is 11.9. The van der Waals surface area contributed by atoms with Gasteiger partial charge in [0, 0.05) is 6.92 Å². The summed E-state index contributed by atoms with van der Waals surface area (Å²) in [7, 11) is 1.37. The summed E-state index contributed by atoms with van der Waals surface area (Å²) in [5.74, 6) is -0.0669. The largest absolute Gasteiger partial charge is 0.493 e. The molecule has 0 aliphatic carbocycles. The summed E-state index contributed by atoms with van der Waals surface area (Å²) in [6.07, 6.45) is 0. The van der Waals surface area contributed by atoms with E-state index in [0.717, 1.165) is 0 Å². The van der Waals surface area contributed by atoms with Crippen LogP contribution in [0.2, 0.25) is 0 Å². The van der Waals surface area contributed by atoms with Crippen molar-refractivity contribution in [3.63, 3.8) is 0 Å². The number of hydrogen-bond acceptors (Lipinski definition) is 3. The van der Waals surface area contributed by atoms with E-state index in [4.69, 9.17) is 9.29 Å². The Morgan fingerprint density at radius 2 is 2.20 bits per heavy atom. The summed E-state index contributed by atoms with van der Waals surface area (Å²) in [4.78, 5) is 11.0. The molecular formula is C9H11NO4S. The van der Waals surface area contributed by atoms with E-state index in [-0.39, 0.29) is 16.6 Å². The maximum atomic E-state index is 10.9. The van der Waals surface area contributed by atoms with Crippen LogP contribution < -0.4 is 10.1 Å². The lowest BCUT2D eigenvalue weighted by molar-refractivity contribution is -0.114. The zero-order chi connectivity index (χ0) is 11.4. The number of carbonyl (C=O) groups excluding carboxylic acids is 1. The molecule has 1 unspecified atom stereocenters. The summed E-state index contributed by atoms with van der Waals surface area (Å²) >= 11 is -2.14. The fourth-order valence-corrected chi connectivity index (χ4v) is 1.70. The lowest BCUT2D eigenvalue weighted by Gasteiger charge is -2.11. The third kappa shape index (κ3) is 2.77. The van der Waals surface area contributed by atoms with Crippen LogP contribution in [0.5, 0.6) is 5.75 Å². The average Bonchev–Trinajstić information content (AvgIpc) is 2.16. The summed E-state index contributed by atoms with van der Waals surface area (Å²) in [6, 6.07) is 4.62. The Morgan fingerprint density at radius 3 is 2.67 bits per heavy atom. The van der Waals surface area contributed by atoms with Gasteiger partial charge in [-0.15, -0.1) is 0 Å². The van der Waals surface area contributed by atoms with Crippen LogP contribution in [-0.2, 0) is 15.9 Å². The van der Waals surface area contributed by atoms with Gasteiger partial charge in [-0.1, -0.05) is 6.07 Å². The predicted molar refractivity (Wildman–Crippen MR) is 56.3 cm³/mol. The van der Waals surface area contributed by atoms with Gasteiger partial charge in [0.05, 0.1) is 12.8 Å². The molecule has 1 aromatic carbocycles. The van der Waals surface area contributed by atoms with Crippen LogP contribution in [0.3, 0.4) is 0 Å². The molecule has 0 saturated carbocycles. The van der Waals surface area contributed by atoms with E-state index in [1.54, 1.807) is 12.1 Å². The molecule has 0 saturated heterocycles. The first-order chi connectivity index (χ1) is 7.06. The molecular weight excluding hydrogens is 218 g/mol. The van der Waals surface area contributed by atoms with E-state index < -0.39 is 11.1 Å². The summed E-state index contributed by atoms with van der Waals surface area (Å²) < 4.78 is 24.9. The molecule has 2 N–H and O–H groups in total. The molecule has 0 aromatic heterocycles. The van der Waals surface area contributed by atoms with Gasteiger partial charge in [0.15, 0.2) is 16.8 Å². The minimum Gasteiger partial charge on any atom is -0.493 e. The second-order valence-electron chi connectivity index (χ2n) is 2.77. The van der Waals surface area contributed by atoms with E-state index in [1.807, 2.05) is 0 Å². The van der Waals surface area contributed by atoms with Crippen LogP contribution >= 0.6 is 0 Å². The Bertz CT molecular complexity index is 405. The van der Waals surface area contributed by atoms with Crippen LogP contribution in [0.4, 0.5) is 5.69 Å². The molecule has 5 nitrogen and oxygen atoms in total. The van der Waals surface area contributed by atoms with Gasteiger partial charge in [-0.3, -0.25) is 4.79 Å². The fraction of sp³-hybridized carbons (Fsp3) is 0.222. The minimum atomic E-state index is -2.14. The molecule has 0 fully saturated rings. The smallest absolute Gasteiger partial charge is 0.221 e. The molecule has 82 valence electrons. The molecule has 0 aliphatic rings. The summed E-state index contributed by atoms with van der Waals surface area (Å²) in [5, 5.41) is 2.51. The number of rotatable bonds is 3. The Labute approximate surface area is 89.7 Å². The van der Waals surface area contributed by atoms with Crippen LogP contribution in [0.15, 0.2) is 23.1 Å². The van der Waals surface area contributed by atoms with Crippen molar-refractivity contribution in [2.45, 2.75) is 11.8 Å². The zero-order valence-electron chi connectivity index (χ0n) is 8.31. The maximum Gasteiger partial charge on any atom is 0.221 e. The minimum absolute atomic E-state index is 0.128. The van der Waals surface area contributed by atoms with Crippen molar-refractivity contribution >= 4 is 22.7 Å². The van der Waals surface area contributed by atoms with Crippen LogP contribution in [-0.4, -0.2) is 21.8 Å². The highest BCUT2D eigenvalue weighted by Crippen LogP contribution is 2.30. The first-order valence-electron chi connectivity index (χ1n) is 4.11. The number of amides is 1. The second kappa shape index (κ2) is 4.90. The average molecular weight is 229 g/mol. The number of para-hydroxylation sites is 1. The molecule has 0 heterocycles. The van der Waals surface area contributed by atoms with Gasteiger partial charge in [-0.2, -0.15) is 0 Å². The van der Waals surface area contributed by atoms with Gasteiger partial charge in [-0.05, 0) is 12.1 Å². The number of nitrogens with one attached hydrogen (secondary N) is 1. The first-order valence-corrected chi connectivity index (χ1v) is 5.22. The molecule has 1 aromatic rings. The third-order valence-corrected chi connectivity index (χ3v) is 2.38. The molecule has 1 atom stereocenters. The Hall–Kier alpha value is -1.40. The topological polar surface area (TPSA) is 75.6 Å². The third-order valence-electron chi connectivity index (χ3n) is 1.68. The van der Waals surface area contributed by atoms with Gasteiger partial charge in [0.1, 0.15) is 4.90 Å². The molecule has 1 rings (SSSR count). The number of benzene rings is 1. The Morgan fingerprint density at radius 1 is 1.53 bits per heavy atom. The first kappa shape index (κ1) is 11.7. The number of methoxy groups -OCH3 is 1. The standard InChI is InChI=1S/C9H11NO4S/c1-6(11)10-7-4-3-5-8(15(12)13)9(7)14-2/h3-5H,1-2H3,(H,10,11)(H,12,13). The van der Waals surface area contributed by atoms with Gasteiger partial charge in [0.25, 0.3) is 0 Å². The lowest BCUT2D eigenvalue weighted by Crippen LogP contribution is -2.08. The monoisotopic (exact) mass is 229 g/mol. The number of hydrogen-bond donors (Lipinski definition) is 2. The van der Waals surface area contributed by atoms with Gasteiger partial charge in [-0.25, -0.2) is 4.21 Å². The van der Waals surface area contributed by atoms with E-state index in [0.29, 0.717) is 5.69 Å². The van der Waals surface area contributed by atoms with Crippen LogP contribution in [0.1, 0.15) is 6.92 Å². The van der Waals surface area contributed by atoms with Gasteiger partial charge < -0.3 is 14.6 Å². The van der Waals surface area contributed by atoms with Crippen molar-refractivity contribution in [3.8, 4) is 5.75 Å². The molecule has 15 heavy (non-hydrogen) atoms. The Balaban J connectivity index is 3.21. The fourth-order valence-electron chi connectivity index (χ4n) is 1.15. The van der Waals surface area contributed by atoms with E-state index in [2.05, 4.69) is 5.32 Å². The number of carbonyl (C=O) groups is 1. The molecule has 0 spiro atoms. The SMILES string of the molecule is COc1c(NC(C)=O)cccc1S(=O)O.